The van der Waals surface area contributed by atoms with E-state index in [1.165, 1.54) is 0 Å². The third-order valence-electron chi connectivity index (χ3n) is 5.10. The minimum atomic E-state index is 0.253. The molecule has 0 amide bonds. The molecule has 28 heavy (non-hydrogen) atoms. The summed E-state index contributed by atoms with van der Waals surface area (Å²) in [7, 11) is 1.76. The van der Waals surface area contributed by atoms with Crippen LogP contribution in [0.4, 0.5) is 11.5 Å². The number of imidazole rings is 1. The van der Waals surface area contributed by atoms with E-state index in [9.17, 15) is 5.26 Å². The van der Waals surface area contributed by atoms with Gasteiger partial charge in [0, 0.05) is 43.8 Å². The molecule has 2 N–H and O–H groups in total. The van der Waals surface area contributed by atoms with Gasteiger partial charge in [0.1, 0.15) is 23.8 Å². The smallest absolute Gasteiger partial charge is 0.158 e. The van der Waals surface area contributed by atoms with Crippen LogP contribution in [-0.4, -0.2) is 40.8 Å². The van der Waals surface area contributed by atoms with E-state index in [1.807, 2.05) is 0 Å². The second-order valence-corrected chi connectivity index (χ2v) is 7.02. The Bertz CT molecular complexity index is 1040. The van der Waals surface area contributed by atoms with Gasteiger partial charge >= 0.3 is 0 Å². The molecular weight excluding hydrogens is 352 g/mol. The molecule has 3 heterocycles. The average Bonchev–Trinajstić information content (AvgIpc) is 3.38. The van der Waals surface area contributed by atoms with Crippen LogP contribution < -0.4 is 10.6 Å². The normalized spacial score (nSPS) is 16.3. The zero-order chi connectivity index (χ0) is 19.7. The molecule has 0 aliphatic carbocycles. The fraction of sp³-hybridized carbons (Fsp3) is 0.286. The largest absolute Gasteiger partial charge is 0.384 e. The molecule has 3 aromatic rings. The summed E-state index contributed by atoms with van der Waals surface area (Å²) in [4.78, 5) is 10.7. The third-order valence-corrected chi connectivity index (χ3v) is 5.10. The van der Waals surface area contributed by atoms with Gasteiger partial charge in [0.2, 0.25) is 0 Å². The van der Waals surface area contributed by atoms with Gasteiger partial charge in [-0.3, -0.25) is 4.57 Å². The Hall–Kier alpha value is -3.37. The van der Waals surface area contributed by atoms with Crippen LogP contribution in [-0.2, 0) is 4.74 Å². The molecule has 4 rings (SSSR count). The molecule has 0 bridgehead atoms. The highest BCUT2D eigenvalue weighted by atomic mass is 16.5. The lowest BCUT2D eigenvalue weighted by Gasteiger charge is -2.21. The van der Waals surface area contributed by atoms with E-state index >= 15 is 0 Å². The van der Waals surface area contributed by atoms with Crippen molar-refractivity contribution in [2.24, 2.45) is 0 Å². The van der Waals surface area contributed by atoms with Gasteiger partial charge in [0.15, 0.2) is 5.82 Å². The molecular formula is C21H22N6O. The first-order valence-electron chi connectivity index (χ1n) is 9.18. The number of aryl methyl sites for hydroxylation is 1. The van der Waals surface area contributed by atoms with Gasteiger partial charge in [-0.1, -0.05) is 6.07 Å². The van der Waals surface area contributed by atoms with Crippen molar-refractivity contribution in [1.29, 1.82) is 5.26 Å². The van der Waals surface area contributed by atoms with Crippen molar-refractivity contribution in [2.75, 3.05) is 30.8 Å². The standard InChI is InChI=1S/C21H22N6O/c1-14-7-15(9-16(8-14)26-5-3-17(12-26)28-2)18-10-20(23)25-21(19(18)11-22)27-6-4-24-13-27/h4,6-10,13,17H,3,5,12H2,1-2H3,(H2,23,25). The van der Waals surface area contributed by atoms with Crippen molar-refractivity contribution in [3.05, 3.63) is 54.1 Å². The Balaban J connectivity index is 1.83. The summed E-state index contributed by atoms with van der Waals surface area (Å²) in [5, 5.41) is 9.88. The molecule has 1 aliphatic heterocycles. The van der Waals surface area contributed by atoms with E-state index in [2.05, 4.69) is 46.1 Å². The van der Waals surface area contributed by atoms with Gasteiger partial charge in [-0.05, 0) is 42.7 Å². The van der Waals surface area contributed by atoms with Crippen LogP contribution in [0.3, 0.4) is 0 Å². The summed E-state index contributed by atoms with van der Waals surface area (Å²) in [5.41, 5.74) is 10.5. The Morgan fingerprint density at radius 1 is 1.29 bits per heavy atom. The van der Waals surface area contributed by atoms with E-state index in [0.29, 0.717) is 17.2 Å². The van der Waals surface area contributed by atoms with Crippen LogP contribution in [0.5, 0.6) is 0 Å². The average molecular weight is 374 g/mol. The predicted octanol–water partition coefficient (Wildman–Crippen LogP) is 2.92. The number of methoxy groups -OCH3 is 1. The lowest BCUT2D eigenvalue weighted by Crippen LogP contribution is -2.22. The van der Waals surface area contributed by atoms with Gasteiger partial charge < -0.3 is 15.4 Å². The summed E-state index contributed by atoms with van der Waals surface area (Å²) in [6, 6.07) is 10.4. The topological polar surface area (TPSA) is 93.0 Å². The summed E-state index contributed by atoms with van der Waals surface area (Å²) < 4.78 is 7.21. The Kier molecular flexibility index (Phi) is 4.72. The number of nitrogens with two attached hydrogens (primary N) is 1. The molecule has 142 valence electrons. The van der Waals surface area contributed by atoms with Gasteiger partial charge in [0.05, 0.1) is 6.10 Å². The molecule has 1 unspecified atom stereocenters. The van der Waals surface area contributed by atoms with Crippen molar-refractivity contribution in [2.45, 2.75) is 19.4 Å². The fourth-order valence-electron chi connectivity index (χ4n) is 3.72. The van der Waals surface area contributed by atoms with Crippen molar-refractivity contribution in [3.8, 4) is 23.0 Å². The van der Waals surface area contributed by atoms with Crippen LogP contribution in [0.1, 0.15) is 17.5 Å². The molecule has 0 saturated carbocycles. The monoisotopic (exact) mass is 374 g/mol. The molecule has 0 spiro atoms. The Morgan fingerprint density at radius 3 is 2.82 bits per heavy atom. The number of hydrogen-bond acceptors (Lipinski definition) is 6. The van der Waals surface area contributed by atoms with Gasteiger partial charge in [-0.15, -0.1) is 0 Å². The second kappa shape index (κ2) is 7.33. The number of hydrogen-bond donors (Lipinski definition) is 1. The lowest BCUT2D eigenvalue weighted by molar-refractivity contribution is 0.121. The summed E-state index contributed by atoms with van der Waals surface area (Å²) in [6.07, 6.45) is 6.28. The molecule has 7 heteroatoms. The summed E-state index contributed by atoms with van der Waals surface area (Å²) in [6.45, 7) is 3.87. The summed E-state index contributed by atoms with van der Waals surface area (Å²) in [5.74, 6) is 0.847. The number of ether oxygens (including phenoxy) is 1. The fourth-order valence-corrected chi connectivity index (χ4v) is 3.72. The quantitative estimate of drug-likeness (QED) is 0.755. The number of anilines is 2. The van der Waals surface area contributed by atoms with Gasteiger partial charge in [0.25, 0.3) is 0 Å². The zero-order valence-electron chi connectivity index (χ0n) is 16.0. The first-order valence-corrected chi connectivity index (χ1v) is 9.18. The van der Waals surface area contributed by atoms with Crippen LogP contribution in [0, 0.1) is 18.3 Å². The van der Waals surface area contributed by atoms with E-state index in [0.717, 1.165) is 41.9 Å². The maximum Gasteiger partial charge on any atom is 0.158 e. The third kappa shape index (κ3) is 3.30. The number of rotatable bonds is 4. The maximum atomic E-state index is 9.88. The van der Waals surface area contributed by atoms with Crippen LogP contribution in [0.2, 0.25) is 0 Å². The molecule has 7 nitrogen and oxygen atoms in total. The number of nitriles is 1. The first-order chi connectivity index (χ1) is 13.6. The Labute approximate surface area is 164 Å². The zero-order valence-corrected chi connectivity index (χ0v) is 16.0. The summed E-state index contributed by atoms with van der Waals surface area (Å²) >= 11 is 0. The van der Waals surface area contributed by atoms with Crippen molar-refractivity contribution in [3.63, 3.8) is 0 Å². The minimum Gasteiger partial charge on any atom is -0.384 e. The number of pyridine rings is 1. The van der Waals surface area contributed by atoms with E-state index in [-0.39, 0.29) is 6.10 Å². The second-order valence-electron chi connectivity index (χ2n) is 7.02. The SMILES string of the molecule is COC1CCN(c2cc(C)cc(-c3cc(N)nc(-n4ccnc4)c3C#N)c2)C1. The molecule has 1 aliphatic rings. The molecule has 1 fully saturated rings. The first kappa shape index (κ1) is 18.0. The molecule has 1 saturated heterocycles. The van der Waals surface area contributed by atoms with Crippen molar-refractivity contribution < 1.29 is 4.74 Å². The number of nitrogens with zero attached hydrogens (tertiary/aromatic N) is 5. The lowest BCUT2D eigenvalue weighted by atomic mass is 9.98. The van der Waals surface area contributed by atoms with Crippen molar-refractivity contribution >= 4 is 11.5 Å². The van der Waals surface area contributed by atoms with Crippen LogP contribution in [0.25, 0.3) is 16.9 Å². The molecule has 1 aromatic carbocycles. The number of benzene rings is 1. The molecule has 1 atom stereocenters. The van der Waals surface area contributed by atoms with E-state index in [4.69, 9.17) is 10.5 Å². The number of aromatic nitrogens is 3. The van der Waals surface area contributed by atoms with Crippen molar-refractivity contribution in [1.82, 2.24) is 14.5 Å². The van der Waals surface area contributed by atoms with Crippen LogP contribution in [0.15, 0.2) is 43.0 Å². The number of nitrogen functional groups attached to an aromatic ring is 1. The maximum absolute atomic E-state index is 9.88. The van der Waals surface area contributed by atoms with Gasteiger partial charge in [-0.25, -0.2) is 9.97 Å². The molecule has 2 aromatic heterocycles. The van der Waals surface area contributed by atoms with E-state index < -0.39 is 0 Å². The highest BCUT2D eigenvalue weighted by molar-refractivity contribution is 5.79. The van der Waals surface area contributed by atoms with Gasteiger partial charge in [-0.2, -0.15) is 5.26 Å². The predicted molar refractivity (Wildman–Crippen MR) is 108 cm³/mol. The van der Waals surface area contributed by atoms with Crippen LogP contribution >= 0.6 is 0 Å². The Morgan fingerprint density at radius 2 is 2.14 bits per heavy atom. The highest BCUT2D eigenvalue weighted by Crippen LogP contribution is 2.33. The minimum absolute atomic E-state index is 0.253. The van der Waals surface area contributed by atoms with E-state index in [1.54, 1.807) is 36.5 Å². The highest BCUT2D eigenvalue weighted by Gasteiger charge is 2.23. The molecule has 0 radical (unpaired) electrons.